The lowest BCUT2D eigenvalue weighted by Gasteiger charge is -2.10. The first-order valence-corrected chi connectivity index (χ1v) is 9.27. The first-order valence-electron chi connectivity index (χ1n) is 8.28. The van der Waals surface area contributed by atoms with E-state index in [1.54, 1.807) is 6.20 Å². The van der Waals surface area contributed by atoms with Crippen molar-refractivity contribution >= 4 is 23.6 Å². The van der Waals surface area contributed by atoms with Gasteiger partial charge in [0.2, 0.25) is 11.8 Å². The smallest absolute Gasteiger partial charge is 0.239 e. The summed E-state index contributed by atoms with van der Waals surface area (Å²) in [5, 5.41) is 6.09. The Labute approximate surface area is 152 Å². The second-order valence-corrected chi connectivity index (χ2v) is 6.71. The van der Waals surface area contributed by atoms with Gasteiger partial charge in [0.25, 0.3) is 0 Å². The van der Waals surface area contributed by atoms with Crippen molar-refractivity contribution in [1.29, 1.82) is 0 Å². The van der Waals surface area contributed by atoms with Crippen LogP contribution >= 0.6 is 11.8 Å². The lowest BCUT2D eigenvalue weighted by molar-refractivity contribution is -0.124. The molecule has 0 aliphatic carbocycles. The van der Waals surface area contributed by atoms with Gasteiger partial charge in [-0.05, 0) is 43.5 Å². The van der Waals surface area contributed by atoms with Crippen LogP contribution in [0.1, 0.15) is 24.5 Å². The molecular weight excluding hydrogens is 336 g/mol. The van der Waals surface area contributed by atoms with Crippen LogP contribution in [0.25, 0.3) is 5.69 Å². The van der Waals surface area contributed by atoms with E-state index in [1.165, 1.54) is 22.9 Å². The van der Waals surface area contributed by atoms with Gasteiger partial charge in [0.05, 0.1) is 12.3 Å². The molecule has 0 saturated carbocycles. The normalized spacial score (nSPS) is 10.5. The van der Waals surface area contributed by atoms with Gasteiger partial charge in [-0.15, -0.1) is 0 Å². The van der Waals surface area contributed by atoms with Crippen molar-refractivity contribution in [2.45, 2.75) is 32.3 Å². The highest BCUT2D eigenvalue weighted by molar-refractivity contribution is 7.99. The van der Waals surface area contributed by atoms with Gasteiger partial charge in [-0.25, -0.2) is 4.98 Å². The average Bonchev–Trinajstić information content (AvgIpc) is 3.07. The summed E-state index contributed by atoms with van der Waals surface area (Å²) >= 11 is 1.34. The molecule has 2 N–H and O–H groups in total. The van der Waals surface area contributed by atoms with Crippen LogP contribution in [0.5, 0.6) is 0 Å². The predicted octanol–water partition coefficient (Wildman–Crippen LogP) is 2.22. The van der Waals surface area contributed by atoms with E-state index in [2.05, 4.69) is 41.6 Å². The highest BCUT2D eigenvalue weighted by Gasteiger charge is 2.10. The van der Waals surface area contributed by atoms with Crippen LogP contribution in [0.15, 0.2) is 35.7 Å². The zero-order chi connectivity index (χ0) is 18.2. The van der Waals surface area contributed by atoms with Gasteiger partial charge in [0.1, 0.15) is 0 Å². The fourth-order valence-electron chi connectivity index (χ4n) is 2.16. The Kier molecular flexibility index (Phi) is 7.06. The maximum atomic E-state index is 11.9. The molecule has 7 heteroatoms. The molecule has 0 spiro atoms. The topological polar surface area (TPSA) is 76.0 Å². The van der Waals surface area contributed by atoms with Crippen LogP contribution in [0.4, 0.5) is 0 Å². The maximum Gasteiger partial charge on any atom is 0.239 e. The second kappa shape index (κ2) is 9.27. The minimum atomic E-state index is -0.189. The number of nitrogens with one attached hydrogen (secondary N) is 2. The third-order valence-electron chi connectivity index (χ3n) is 3.73. The Balaban J connectivity index is 1.89. The molecular formula is C18H24N4O2S. The number of thioether (sulfide) groups is 1. The van der Waals surface area contributed by atoms with Gasteiger partial charge >= 0.3 is 0 Å². The fraction of sp³-hybridized carbons (Fsp3) is 0.389. The standard InChI is InChI=1S/C18H24N4O2S/c1-4-7-19-16(23)11-21-17(24)12-25-18-20-8-9-22(18)15-6-5-13(2)14(3)10-15/h5-6,8-10H,4,7,11-12H2,1-3H3,(H,19,23)(H,21,24). The largest absolute Gasteiger partial charge is 0.355 e. The van der Waals surface area contributed by atoms with Crippen LogP contribution in [-0.2, 0) is 9.59 Å². The molecule has 0 bridgehead atoms. The number of carbonyl (C=O) groups excluding carboxylic acids is 2. The molecule has 2 rings (SSSR count). The average molecular weight is 360 g/mol. The lowest BCUT2D eigenvalue weighted by atomic mass is 10.1. The van der Waals surface area contributed by atoms with Gasteiger partial charge < -0.3 is 10.6 Å². The third-order valence-corrected chi connectivity index (χ3v) is 4.69. The number of benzene rings is 1. The Morgan fingerprint density at radius 3 is 2.68 bits per heavy atom. The number of hydrogen-bond donors (Lipinski definition) is 2. The van der Waals surface area contributed by atoms with Gasteiger partial charge in [-0.3, -0.25) is 14.2 Å². The monoisotopic (exact) mass is 360 g/mol. The van der Waals surface area contributed by atoms with Gasteiger partial charge in [-0.2, -0.15) is 0 Å². The van der Waals surface area contributed by atoms with E-state index in [0.29, 0.717) is 6.54 Å². The number of nitrogens with zero attached hydrogens (tertiary/aromatic N) is 2. The number of amides is 2. The van der Waals surface area contributed by atoms with E-state index in [4.69, 9.17) is 0 Å². The molecule has 1 aromatic carbocycles. The van der Waals surface area contributed by atoms with Crippen LogP contribution < -0.4 is 10.6 Å². The van der Waals surface area contributed by atoms with Gasteiger partial charge in [0, 0.05) is 24.6 Å². The molecule has 0 saturated heterocycles. The SMILES string of the molecule is CCCNC(=O)CNC(=O)CSc1nccn1-c1ccc(C)c(C)c1. The van der Waals surface area contributed by atoms with E-state index >= 15 is 0 Å². The van der Waals surface area contributed by atoms with Crippen molar-refractivity contribution in [3.05, 3.63) is 41.7 Å². The Hall–Kier alpha value is -2.28. The maximum absolute atomic E-state index is 11.9. The number of aryl methyl sites for hydroxylation is 2. The molecule has 0 aliphatic heterocycles. The summed E-state index contributed by atoms with van der Waals surface area (Å²) in [6, 6.07) is 6.20. The van der Waals surface area contributed by atoms with E-state index < -0.39 is 0 Å². The summed E-state index contributed by atoms with van der Waals surface area (Å²) in [6.07, 6.45) is 4.47. The molecule has 2 aromatic rings. The van der Waals surface area contributed by atoms with Crippen LogP contribution in [0.2, 0.25) is 0 Å². The van der Waals surface area contributed by atoms with E-state index in [9.17, 15) is 9.59 Å². The number of rotatable bonds is 8. The number of aromatic nitrogens is 2. The van der Waals surface area contributed by atoms with Gasteiger partial charge in [0.15, 0.2) is 5.16 Å². The first kappa shape index (κ1) is 19.1. The Bertz CT molecular complexity index is 742. The van der Waals surface area contributed by atoms with Gasteiger partial charge in [-0.1, -0.05) is 24.8 Å². The quantitative estimate of drug-likeness (QED) is 0.708. The Morgan fingerprint density at radius 2 is 1.96 bits per heavy atom. The van der Waals surface area contributed by atoms with Crippen molar-refractivity contribution < 1.29 is 9.59 Å². The third kappa shape index (κ3) is 5.63. The van der Waals surface area contributed by atoms with E-state index in [1.807, 2.05) is 23.8 Å². The summed E-state index contributed by atoms with van der Waals surface area (Å²) < 4.78 is 1.96. The molecule has 0 fully saturated rings. The molecule has 0 atom stereocenters. The van der Waals surface area contributed by atoms with Crippen molar-refractivity contribution in [3.8, 4) is 5.69 Å². The predicted molar refractivity (Wildman–Crippen MR) is 100 cm³/mol. The second-order valence-electron chi connectivity index (χ2n) is 5.76. The van der Waals surface area contributed by atoms with Crippen molar-refractivity contribution in [2.24, 2.45) is 0 Å². The highest BCUT2D eigenvalue weighted by Crippen LogP contribution is 2.21. The summed E-state index contributed by atoms with van der Waals surface area (Å²) in [7, 11) is 0. The number of imidazole rings is 1. The highest BCUT2D eigenvalue weighted by atomic mass is 32.2. The molecule has 0 unspecified atom stereocenters. The van der Waals surface area contributed by atoms with Crippen molar-refractivity contribution in [2.75, 3.05) is 18.8 Å². The zero-order valence-electron chi connectivity index (χ0n) is 14.8. The minimum Gasteiger partial charge on any atom is -0.355 e. The molecule has 25 heavy (non-hydrogen) atoms. The molecule has 2 amide bonds. The summed E-state index contributed by atoms with van der Waals surface area (Å²) in [5.41, 5.74) is 3.46. The molecule has 0 aliphatic rings. The zero-order valence-corrected chi connectivity index (χ0v) is 15.7. The van der Waals surface area contributed by atoms with Crippen LogP contribution in [-0.4, -0.2) is 40.2 Å². The van der Waals surface area contributed by atoms with Crippen LogP contribution in [0, 0.1) is 13.8 Å². The molecule has 134 valence electrons. The molecule has 1 heterocycles. The van der Waals surface area contributed by atoms with Crippen molar-refractivity contribution in [3.63, 3.8) is 0 Å². The molecule has 6 nitrogen and oxygen atoms in total. The summed E-state index contributed by atoms with van der Waals surface area (Å²) in [6.45, 7) is 6.75. The lowest BCUT2D eigenvalue weighted by Crippen LogP contribution is -2.37. The fourth-order valence-corrected chi connectivity index (χ4v) is 2.96. The van der Waals surface area contributed by atoms with E-state index in [-0.39, 0.29) is 24.1 Å². The number of carbonyl (C=O) groups is 2. The minimum absolute atomic E-state index is 0.00495. The Morgan fingerprint density at radius 1 is 1.16 bits per heavy atom. The molecule has 1 aromatic heterocycles. The summed E-state index contributed by atoms with van der Waals surface area (Å²) in [4.78, 5) is 27.7. The summed E-state index contributed by atoms with van der Waals surface area (Å²) in [5.74, 6) is -0.147. The van der Waals surface area contributed by atoms with E-state index in [0.717, 1.165) is 17.3 Å². The van der Waals surface area contributed by atoms with Crippen molar-refractivity contribution in [1.82, 2.24) is 20.2 Å². The first-order chi connectivity index (χ1) is 12.0. The molecule has 0 radical (unpaired) electrons. The number of hydrogen-bond acceptors (Lipinski definition) is 4. The van der Waals surface area contributed by atoms with Crippen LogP contribution in [0.3, 0.4) is 0 Å².